The number of fused-ring (bicyclic) bond motifs is 1. The molecule has 4 rings (SSSR count). The number of urea groups is 1. The zero-order valence-electron chi connectivity index (χ0n) is 15.7. The van der Waals surface area contributed by atoms with Gasteiger partial charge < -0.3 is 21.4 Å². The number of nitrogens with zero attached hydrogens (tertiary/aromatic N) is 1. The van der Waals surface area contributed by atoms with Crippen LogP contribution >= 0.6 is 0 Å². The van der Waals surface area contributed by atoms with E-state index < -0.39 is 5.91 Å². The van der Waals surface area contributed by atoms with Crippen molar-refractivity contribution < 1.29 is 9.59 Å². The Morgan fingerprint density at radius 2 is 1.72 bits per heavy atom. The Hall–Kier alpha value is -4.13. The van der Waals surface area contributed by atoms with E-state index in [2.05, 4.69) is 20.6 Å². The molecule has 0 aliphatic heterocycles. The van der Waals surface area contributed by atoms with Crippen molar-refractivity contribution in [1.29, 1.82) is 0 Å². The number of anilines is 2. The maximum Gasteiger partial charge on any atom is 0.323 e. The van der Waals surface area contributed by atoms with Gasteiger partial charge in [0.05, 0.1) is 11.0 Å². The molecule has 0 radical (unpaired) electrons. The molecule has 0 atom stereocenters. The first kappa shape index (κ1) is 18.2. The van der Waals surface area contributed by atoms with Gasteiger partial charge >= 0.3 is 6.03 Å². The molecule has 0 saturated carbocycles. The molecule has 29 heavy (non-hydrogen) atoms. The molecular formula is C22H19N5O2. The van der Waals surface area contributed by atoms with Crippen molar-refractivity contribution in [3.63, 3.8) is 0 Å². The van der Waals surface area contributed by atoms with Crippen LogP contribution in [0.1, 0.15) is 16.1 Å². The average molecular weight is 385 g/mol. The van der Waals surface area contributed by atoms with Gasteiger partial charge in [0.1, 0.15) is 5.69 Å². The summed E-state index contributed by atoms with van der Waals surface area (Å²) >= 11 is 0. The normalized spacial score (nSPS) is 10.7. The summed E-state index contributed by atoms with van der Waals surface area (Å²) in [6, 6.07) is 18.0. The van der Waals surface area contributed by atoms with Crippen LogP contribution < -0.4 is 16.4 Å². The lowest BCUT2D eigenvalue weighted by Gasteiger charge is -2.09. The van der Waals surface area contributed by atoms with Gasteiger partial charge in [-0.3, -0.25) is 9.78 Å². The van der Waals surface area contributed by atoms with Crippen molar-refractivity contribution in [2.75, 3.05) is 10.6 Å². The zero-order valence-corrected chi connectivity index (χ0v) is 15.7. The Morgan fingerprint density at radius 3 is 2.45 bits per heavy atom. The van der Waals surface area contributed by atoms with Gasteiger partial charge in [0.25, 0.3) is 5.91 Å². The first-order chi connectivity index (χ1) is 14.0. The number of hydrogen-bond donors (Lipinski definition) is 4. The van der Waals surface area contributed by atoms with E-state index >= 15 is 0 Å². The van der Waals surface area contributed by atoms with Crippen molar-refractivity contribution in [2.24, 2.45) is 5.73 Å². The summed E-state index contributed by atoms with van der Waals surface area (Å²) in [5.74, 6) is -0.558. The van der Waals surface area contributed by atoms with Crippen molar-refractivity contribution >= 4 is 34.3 Å². The van der Waals surface area contributed by atoms with E-state index in [1.165, 1.54) is 0 Å². The highest BCUT2D eigenvalue weighted by Crippen LogP contribution is 2.31. The number of nitrogens with one attached hydrogen (secondary N) is 3. The molecule has 0 spiro atoms. The summed E-state index contributed by atoms with van der Waals surface area (Å²) in [5, 5.41) is 5.59. The summed E-state index contributed by atoms with van der Waals surface area (Å²) in [5.41, 5.74) is 11.0. The predicted octanol–water partition coefficient (Wildman–Crippen LogP) is 4.28. The number of carbonyl (C=O) groups excluding carboxylic acids is 2. The van der Waals surface area contributed by atoms with Crippen LogP contribution in [0.4, 0.5) is 16.2 Å². The minimum absolute atomic E-state index is 0.302. The molecule has 7 heteroatoms. The van der Waals surface area contributed by atoms with Crippen molar-refractivity contribution in [3.05, 3.63) is 78.1 Å². The molecule has 2 aromatic carbocycles. The maximum absolute atomic E-state index is 12.2. The molecule has 0 saturated heterocycles. The number of primary amides is 1. The zero-order chi connectivity index (χ0) is 20.4. The summed E-state index contributed by atoms with van der Waals surface area (Å²) in [4.78, 5) is 31.5. The quantitative estimate of drug-likeness (QED) is 0.420. The third kappa shape index (κ3) is 3.79. The Balaban J connectivity index is 1.57. The third-order valence-corrected chi connectivity index (χ3v) is 4.51. The van der Waals surface area contributed by atoms with Crippen molar-refractivity contribution in [3.8, 4) is 11.1 Å². The SMILES string of the molecule is Cc1cccc(NC(=O)Nc2ccc(-c3c(C(N)=O)[nH]c4cccnc34)cc2)c1. The Labute approximate surface area is 167 Å². The van der Waals surface area contributed by atoms with Crippen molar-refractivity contribution in [2.45, 2.75) is 6.92 Å². The number of aromatic nitrogens is 2. The number of carbonyl (C=O) groups is 2. The fourth-order valence-electron chi connectivity index (χ4n) is 3.22. The number of amides is 3. The van der Waals surface area contributed by atoms with Gasteiger partial charge in [0, 0.05) is 23.1 Å². The number of hydrogen-bond acceptors (Lipinski definition) is 3. The van der Waals surface area contributed by atoms with Crippen LogP contribution in [-0.2, 0) is 0 Å². The number of nitrogens with two attached hydrogens (primary N) is 1. The van der Waals surface area contributed by atoms with Gasteiger partial charge in [-0.1, -0.05) is 24.3 Å². The average Bonchev–Trinajstić information content (AvgIpc) is 3.08. The van der Waals surface area contributed by atoms with E-state index in [4.69, 9.17) is 5.73 Å². The lowest BCUT2D eigenvalue weighted by molar-refractivity contribution is 0.0997. The molecule has 0 aliphatic rings. The molecule has 2 aromatic heterocycles. The fourth-order valence-corrected chi connectivity index (χ4v) is 3.22. The van der Waals surface area contributed by atoms with Gasteiger partial charge in [-0.05, 0) is 54.4 Å². The molecule has 0 bridgehead atoms. The van der Waals surface area contributed by atoms with E-state index in [1.807, 2.05) is 49.4 Å². The first-order valence-electron chi connectivity index (χ1n) is 9.03. The highest BCUT2D eigenvalue weighted by atomic mass is 16.2. The molecule has 0 aliphatic carbocycles. The van der Waals surface area contributed by atoms with Crippen LogP contribution in [0.3, 0.4) is 0 Å². The number of aromatic amines is 1. The van der Waals surface area contributed by atoms with Crippen LogP contribution in [0, 0.1) is 6.92 Å². The molecule has 4 aromatic rings. The molecule has 0 fully saturated rings. The lowest BCUT2D eigenvalue weighted by atomic mass is 10.0. The second-order valence-corrected chi connectivity index (χ2v) is 6.66. The summed E-state index contributed by atoms with van der Waals surface area (Å²) in [7, 11) is 0. The van der Waals surface area contributed by atoms with Crippen LogP contribution in [0.15, 0.2) is 66.9 Å². The van der Waals surface area contributed by atoms with Crippen molar-refractivity contribution in [1.82, 2.24) is 9.97 Å². The Bertz CT molecular complexity index is 1210. The second-order valence-electron chi connectivity index (χ2n) is 6.66. The summed E-state index contributed by atoms with van der Waals surface area (Å²) in [6.45, 7) is 1.96. The molecular weight excluding hydrogens is 366 g/mol. The Morgan fingerprint density at radius 1 is 0.966 bits per heavy atom. The van der Waals surface area contributed by atoms with Gasteiger partial charge in [-0.2, -0.15) is 0 Å². The minimum atomic E-state index is -0.558. The fraction of sp³-hybridized carbons (Fsp3) is 0.0455. The highest BCUT2D eigenvalue weighted by Gasteiger charge is 2.18. The van der Waals surface area contributed by atoms with Crippen LogP contribution in [0.25, 0.3) is 22.2 Å². The van der Waals surface area contributed by atoms with E-state index in [0.29, 0.717) is 22.5 Å². The number of H-pyrrole nitrogens is 1. The van der Waals surface area contributed by atoms with Gasteiger partial charge in [0.15, 0.2) is 0 Å². The molecule has 2 heterocycles. The largest absolute Gasteiger partial charge is 0.364 e. The topological polar surface area (TPSA) is 113 Å². The minimum Gasteiger partial charge on any atom is -0.364 e. The highest BCUT2D eigenvalue weighted by molar-refractivity contribution is 6.08. The number of pyridine rings is 1. The van der Waals surface area contributed by atoms with E-state index in [9.17, 15) is 9.59 Å². The number of benzene rings is 2. The number of aryl methyl sites for hydroxylation is 1. The standard InChI is InChI=1S/C22H19N5O2/c1-13-4-2-5-16(12-13)26-22(29)25-15-9-7-14(8-10-15)18-19-17(6-3-11-24-19)27-20(18)21(23)28/h2-12,27H,1H3,(H2,23,28)(H2,25,26,29). The Kier molecular flexibility index (Phi) is 4.70. The molecule has 5 N–H and O–H groups in total. The summed E-state index contributed by atoms with van der Waals surface area (Å²) in [6.07, 6.45) is 1.66. The van der Waals surface area contributed by atoms with E-state index in [0.717, 1.165) is 22.3 Å². The van der Waals surface area contributed by atoms with E-state index in [1.54, 1.807) is 24.4 Å². The first-order valence-corrected chi connectivity index (χ1v) is 9.03. The van der Waals surface area contributed by atoms with Gasteiger partial charge in [0.2, 0.25) is 0 Å². The van der Waals surface area contributed by atoms with Crippen LogP contribution in [0.2, 0.25) is 0 Å². The van der Waals surface area contributed by atoms with Gasteiger partial charge in [-0.25, -0.2) is 4.79 Å². The van der Waals surface area contributed by atoms with Crippen LogP contribution in [0.5, 0.6) is 0 Å². The molecule has 3 amide bonds. The lowest BCUT2D eigenvalue weighted by Crippen LogP contribution is -2.19. The second kappa shape index (κ2) is 7.47. The van der Waals surface area contributed by atoms with E-state index in [-0.39, 0.29) is 6.03 Å². The monoisotopic (exact) mass is 385 g/mol. The maximum atomic E-state index is 12.2. The molecule has 7 nitrogen and oxygen atoms in total. The van der Waals surface area contributed by atoms with Crippen LogP contribution in [-0.4, -0.2) is 21.9 Å². The predicted molar refractivity (Wildman–Crippen MR) is 114 cm³/mol. The molecule has 0 unspecified atom stereocenters. The van der Waals surface area contributed by atoms with Gasteiger partial charge in [-0.15, -0.1) is 0 Å². The molecule has 144 valence electrons. The third-order valence-electron chi connectivity index (χ3n) is 4.51. The smallest absolute Gasteiger partial charge is 0.323 e. The summed E-state index contributed by atoms with van der Waals surface area (Å²) < 4.78 is 0. The number of rotatable bonds is 4.